The Bertz CT molecular complexity index is 556. The van der Waals surface area contributed by atoms with E-state index in [1.807, 2.05) is 6.07 Å². The van der Waals surface area contributed by atoms with E-state index in [0.29, 0.717) is 6.04 Å². The van der Waals surface area contributed by atoms with E-state index in [9.17, 15) is 8.42 Å². The maximum absolute atomic E-state index is 11.3. The lowest BCUT2D eigenvalue weighted by molar-refractivity contribution is 0.440. The largest absolute Gasteiger partial charge is 0.382 e. The van der Waals surface area contributed by atoms with Crippen molar-refractivity contribution in [1.29, 1.82) is 0 Å². The first kappa shape index (κ1) is 12.0. The van der Waals surface area contributed by atoms with Crippen molar-refractivity contribution in [3.8, 4) is 0 Å². The lowest BCUT2D eigenvalue weighted by atomic mass is 9.95. The summed E-state index contributed by atoms with van der Waals surface area (Å²) in [6.07, 6.45) is 5.14. The second kappa shape index (κ2) is 4.24. The van der Waals surface area contributed by atoms with E-state index >= 15 is 0 Å². The molecule has 0 spiro atoms. The minimum absolute atomic E-state index is 0.177. The monoisotopic (exact) mass is 266 g/mol. The molecular weight excluding hydrogens is 248 g/mol. The number of nitrogens with two attached hydrogens (primary N) is 1. The minimum Gasteiger partial charge on any atom is -0.382 e. The van der Waals surface area contributed by atoms with Gasteiger partial charge in [0.05, 0.1) is 4.90 Å². The molecule has 5 heteroatoms. The van der Waals surface area contributed by atoms with Crippen molar-refractivity contribution in [3.05, 3.63) is 24.3 Å². The molecule has 3 atom stereocenters. The van der Waals surface area contributed by atoms with Crippen LogP contribution in [-0.4, -0.2) is 14.5 Å². The summed E-state index contributed by atoms with van der Waals surface area (Å²) in [5.74, 6) is 1.69. The van der Waals surface area contributed by atoms with E-state index in [0.717, 1.165) is 17.5 Å². The molecule has 98 valence electrons. The highest BCUT2D eigenvalue weighted by molar-refractivity contribution is 7.89. The van der Waals surface area contributed by atoms with E-state index in [-0.39, 0.29) is 4.90 Å². The van der Waals surface area contributed by atoms with Crippen molar-refractivity contribution in [2.24, 2.45) is 17.0 Å². The Labute approximate surface area is 108 Å². The highest BCUT2D eigenvalue weighted by atomic mass is 32.2. The smallest absolute Gasteiger partial charge is 0.238 e. The number of hydrogen-bond donors (Lipinski definition) is 2. The zero-order valence-corrected chi connectivity index (χ0v) is 11.0. The molecule has 3 unspecified atom stereocenters. The molecule has 1 aromatic rings. The molecule has 1 aromatic carbocycles. The maximum atomic E-state index is 11.3. The van der Waals surface area contributed by atoms with Gasteiger partial charge >= 0.3 is 0 Å². The van der Waals surface area contributed by atoms with Crippen molar-refractivity contribution in [1.82, 2.24) is 0 Å². The van der Waals surface area contributed by atoms with E-state index in [1.54, 1.807) is 12.1 Å². The quantitative estimate of drug-likeness (QED) is 0.878. The molecular formula is C13H18N2O2S. The Morgan fingerprint density at radius 1 is 1.28 bits per heavy atom. The van der Waals surface area contributed by atoms with Gasteiger partial charge in [0, 0.05) is 11.7 Å². The normalized spacial score (nSPS) is 30.6. The second-order valence-corrected chi connectivity index (χ2v) is 6.98. The molecule has 0 aliphatic heterocycles. The number of rotatable bonds is 3. The van der Waals surface area contributed by atoms with Crippen molar-refractivity contribution < 1.29 is 8.42 Å². The van der Waals surface area contributed by atoms with Gasteiger partial charge in [0.1, 0.15) is 0 Å². The maximum Gasteiger partial charge on any atom is 0.238 e. The molecule has 0 heterocycles. The third-order valence-electron chi connectivity index (χ3n) is 4.10. The van der Waals surface area contributed by atoms with Gasteiger partial charge in [0.2, 0.25) is 10.0 Å². The third kappa shape index (κ3) is 2.37. The van der Waals surface area contributed by atoms with Crippen LogP contribution in [0, 0.1) is 11.8 Å². The van der Waals surface area contributed by atoms with Gasteiger partial charge < -0.3 is 5.32 Å². The first-order chi connectivity index (χ1) is 8.54. The summed E-state index contributed by atoms with van der Waals surface area (Å²) in [6, 6.07) is 7.29. The molecule has 0 amide bonds. The van der Waals surface area contributed by atoms with Crippen molar-refractivity contribution >= 4 is 15.7 Å². The highest BCUT2D eigenvalue weighted by Gasteiger charge is 2.45. The molecule has 2 fully saturated rings. The van der Waals surface area contributed by atoms with Gasteiger partial charge in [0.15, 0.2) is 0 Å². The first-order valence-electron chi connectivity index (χ1n) is 6.43. The standard InChI is InChI=1S/C13H18N2O2S/c14-18(16,17)11-5-2-4-10(8-11)15-13-6-1-3-9-7-12(9)13/h2,4-5,8-9,12-13,15H,1,3,6-7H2,(H2,14,16,17). The van der Waals surface area contributed by atoms with Gasteiger partial charge in [-0.2, -0.15) is 0 Å². The average molecular weight is 266 g/mol. The fourth-order valence-electron chi connectivity index (χ4n) is 3.07. The fraction of sp³-hybridized carbons (Fsp3) is 0.538. The molecule has 0 bridgehead atoms. The number of sulfonamides is 1. The van der Waals surface area contributed by atoms with Crippen LogP contribution < -0.4 is 10.5 Å². The minimum atomic E-state index is -3.61. The van der Waals surface area contributed by atoms with E-state index in [2.05, 4.69) is 5.32 Å². The Morgan fingerprint density at radius 3 is 2.89 bits per heavy atom. The van der Waals surface area contributed by atoms with Crippen molar-refractivity contribution in [2.45, 2.75) is 36.6 Å². The lowest BCUT2D eigenvalue weighted by Crippen LogP contribution is -2.25. The number of nitrogens with one attached hydrogen (secondary N) is 1. The summed E-state index contributed by atoms with van der Waals surface area (Å²) in [7, 11) is -3.61. The molecule has 3 rings (SSSR count). The molecule has 4 nitrogen and oxygen atoms in total. The van der Waals surface area contributed by atoms with Crippen molar-refractivity contribution in [2.75, 3.05) is 5.32 Å². The summed E-state index contributed by atoms with van der Waals surface area (Å²) >= 11 is 0. The van der Waals surface area contributed by atoms with Gasteiger partial charge in [-0.25, -0.2) is 13.6 Å². The lowest BCUT2D eigenvalue weighted by Gasteiger charge is -2.23. The van der Waals surface area contributed by atoms with Crippen LogP contribution in [0.3, 0.4) is 0 Å². The van der Waals surface area contributed by atoms with Crippen LogP contribution in [0.4, 0.5) is 5.69 Å². The summed E-state index contributed by atoms with van der Waals surface area (Å²) in [4.78, 5) is 0.177. The highest BCUT2D eigenvalue weighted by Crippen LogP contribution is 2.50. The Kier molecular flexibility index (Phi) is 2.83. The second-order valence-electron chi connectivity index (χ2n) is 5.41. The summed E-state index contributed by atoms with van der Waals surface area (Å²) in [5.41, 5.74) is 0.860. The van der Waals surface area contributed by atoms with Crippen LogP contribution in [0.1, 0.15) is 25.7 Å². The number of hydrogen-bond acceptors (Lipinski definition) is 3. The van der Waals surface area contributed by atoms with Crippen molar-refractivity contribution in [3.63, 3.8) is 0 Å². The molecule has 2 saturated carbocycles. The van der Waals surface area contributed by atoms with Crippen LogP contribution >= 0.6 is 0 Å². The molecule has 2 aliphatic rings. The number of benzene rings is 1. The number of primary sulfonamides is 1. The molecule has 0 aromatic heterocycles. The fourth-order valence-corrected chi connectivity index (χ4v) is 3.63. The number of anilines is 1. The van der Waals surface area contributed by atoms with E-state index in [4.69, 9.17) is 5.14 Å². The zero-order chi connectivity index (χ0) is 12.8. The van der Waals surface area contributed by atoms with Gasteiger partial charge in [-0.3, -0.25) is 0 Å². The topological polar surface area (TPSA) is 72.2 Å². The summed E-state index contributed by atoms with van der Waals surface area (Å²) in [6.45, 7) is 0. The van der Waals surface area contributed by atoms with Gasteiger partial charge in [-0.15, -0.1) is 0 Å². The van der Waals surface area contributed by atoms with Crippen LogP contribution in [0.2, 0.25) is 0 Å². The SMILES string of the molecule is NS(=O)(=O)c1cccc(NC2CCCC3CC32)c1. The Morgan fingerprint density at radius 2 is 2.11 bits per heavy atom. The Hall–Kier alpha value is -1.07. The average Bonchev–Trinajstić information content (AvgIpc) is 3.08. The van der Waals surface area contributed by atoms with Gasteiger partial charge in [-0.05, 0) is 42.9 Å². The molecule has 2 aliphatic carbocycles. The summed E-state index contributed by atoms with van der Waals surface area (Å²) in [5, 5.41) is 8.60. The Balaban J connectivity index is 1.76. The molecule has 0 radical (unpaired) electrons. The van der Waals surface area contributed by atoms with Gasteiger partial charge in [0.25, 0.3) is 0 Å². The first-order valence-corrected chi connectivity index (χ1v) is 7.98. The predicted octanol–water partition coefficient (Wildman–Crippen LogP) is 1.93. The van der Waals surface area contributed by atoms with Crippen LogP contribution in [-0.2, 0) is 10.0 Å². The number of fused-ring (bicyclic) bond motifs is 1. The van der Waals surface area contributed by atoms with E-state index < -0.39 is 10.0 Å². The van der Waals surface area contributed by atoms with Crippen LogP contribution in [0.5, 0.6) is 0 Å². The molecule has 0 saturated heterocycles. The molecule has 18 heavy (non-hydrogen) atoms. The van der Waals surface area contributed by atoms with Gasteiger partial charge in [-0.1, -0.05) is 18.9 Å². The zero-order valence-electron chi connectivity index (χ0n) is 10.2. The van der Waals surface area contributed by atoms with E-state index in [1.165, 1.54) is 31.7 Å². The van der Waals surface area contributed by atoms with Crippen LogP contribution in [0.25, 0.3) is 0 Å². The van der Waals surface area contributed by atoms with Crippen LogP contribution in [0.15, 0.2) is 29.2 Å². The third-order valence-corrected chi connectivity index (χ3v) is 5.01. The molecule has 3 N–H and O–H groups in total. The summed E-state index contributed by atoms with van der Waals surface area (Å²) < 4.78 is 22.6. The predicted molar refractivity (Wildman–Crippen MR) is 70.7 cm³/mol.